The summed E-state index contributed by atoms with van der Waals surface area (Å²) >= 11 is 0. The van der Waals surface area contributed by atoms with E-state index in [9.17, 15) is 18.0 Å². The molecule has 3 rings (SSSR count). The van der Waals surface area contributed by atoms with Gasteiger partial charge in [0.05, 0.1) is 5.56 Å². The summed E-state index contributed by atoms with van der Waals surface area (Å²) in [6.07, 6.45) is -3.03. The first-order valence-electron chi connectivity index (χ1n) is 8.99. The summed E-state index contributed by atoms with van der Waals surface area (Å²) in [7, 11) is 0. The van der Waals surface area contributed by atoms with Crippen LogP contribution in [0, 0.1) is 0 Å². The molecule has 3 nitrogen and oxygen atoms in total. The highest BCUT2D eigenvalue weighted by molar-refractivity contribution is 6.02. The van der Waals surface area contributed by atoms with E-state index < -0.39 is 11.7 Å². The standard InChI is InChI=1S/C22H20F3NO2/c23-22(24,25)18-9-6-15(7-10-18)19-5-3-4-16-14-17(8-11-20(16)19)21(28)26-12-1-2-13-27/h3-11,14,27H,1-2,12-13H2,(H,26,28). The molecule has 0 spiro atoms. The van der Waals surface area contributed by atoms with Crippen molar-refractivity contribution in [3.63, 3.8) is 0 Å². The Balaban J connectivity index is 1.86. The van der Waals surface area contributed by atoms with E-state index in [1.54, 1.807) is 12.1 Å². The molecule has 0 unspecified atom stereocenters. The lowest BCUT2D eigenvalue weighted by Gasteiger charge is -2.11. The number of carbonyl (C=O) groups is 1. The third-order valence-corrected chi connectivity index (χ3v) is 4.54. The molecule has 6 heteroatoms. The van der Waals surface area contributed by atoms with E-state index in [2.05, 4.69) is 5.32 Å². The zero-order chi connectivity index (χ0) is 20.1. The lowest BCUT2D eigenvalue weighted by atomic mass is 9.96. The topological polar surface area (TPSA) is 49.3 Å². The molecule has 2 N–H and O–H groups in total. The van der Waals surface area contributed by atoms with E-state index in [1.165, 1.54) is 12.1 Å². The number of alkyl halides is 3. The molecule has 0 fully saturated rings. The van der Waals surface area contributed by atoms with Crippen LogP contribution in [0.25, 0.3) is 21.9 Å². The molecule has 146 valence electrons. The minimum Gasteiger partial charge on any atom is -0.396 e. The Labute approximate surface area is 160 Å². The number of carbonyl (C=O) groups excluding carboxylic acids is 1. The van der Waals surface area contributed by atoms with Crippen molar-refractivity contribution in [3.8, 4) is 11.1 Å². The van der Waals surface area contributed by atoms with Crippen molar-refractivity contribution in [3.05, 3.63) is 71.8 Å². The molecular weight excluding hydrogens is 367 g/mol. The summed E-state index contributed by atoms with van der Waals surface area (Å²) in [5.74, 6) is -0.195. The average Bonchev–Trinajstić information content (AvgIpc) is 2.69. The quantitative estimate of drug-likeness (QED) is 0.583. The maximum atomic E-state index is 12.8. The van der Waals surface area contributed by atoms with E-state index in [-0.39, 0.29) is 12.5 Å². The van der Waals surface area contributed by atoms with Gasteiger partial charge in [-0.05, 0) is 59.0 Å². The van der Waals surface area contributed by atoms with Crippen molar-refractivity contribution < 1.29 is 23.1 Å². The van der Waals surface area contributed by atoms with Crippen molar-refractivity contribution in [1.29, 1.82) is 0 Å². The van der Waals surface area contributed by atoms with Gasteiger partial charge in [-0.2, -0.15) is 13.2 Å². The highest BCUT2D eigenvalue weighted by Gasteiger charge is 2.30. The van der Waals surface area contributed by atoms with Crippen LogP contribution in [0.5, 0.6) is 0 Å². The summed E-state index contributed by atoms with van der Waals surface area (Å²) in [5, 5.41) is 13.3. The van der Waals surface area contributed by atoms with E-state index in [4.69, 9.17) is 5.11 Å². The SMILES string of the molecule is O=C(NCCCCO)c1ccc2c(-c3ccc(C(F)(F)F)cc3)cccc2c1. The normalized spacial score (nSPS) is 11.6. The van der Waals surface area contributed by atoms with E-state index >= 15 is 0 Å². The molecule has 0 aliphatic heterocycles. The van der Waals surface area contributed by atoms with E-state index in [1.807, 2.05) is 24.3 Å². The maximum absolute atomic E-state index is 12.8. The van der Waals surface area contributed by atoms with Gasteiger partial charge in [0.2, 0.25) is 0 Å². The van der Waals surface area contributed by atoms with Crippen molar-refractivity contribution in [1.82, 2.24) is 5.32 Å². The third-order valence-electron chi connectivity index (χ3n) is 4.54. The highest BCUT2D eigenvalue weighted by Crippen LogP contribution is 2.33. The molecule has 0 aromatic heterocycles. The second kappa shape index (κ2) is 8.44. The van der Waals surface area contributed by atoms with Crippen molar-refractivity contribution in [2.45, 2.75) is 19.0 Å². The minimum absolute atomic E-state index is 0.0958. The average molecular weight is 387 g/mol. The van der Waals surface area contributed by atoms with E-state index in [0.29, 0.717) is 30.5 Å². The Kier molecular flexibility index (Phi) is 5.99. The van der Waals surface area contributed by atoms with Gasteiger partial charge in [-0.3, -0.25) is 4.79 Å². The van der Waals surface area contributed by atoms with Crippen molar-refractivity contribution in [2.24, 2.45) is 0 Å². The molecule has 3 aromatic carbocycles. The van der Waals surface area contributed by atoms with Crippen LogP contribution in [0.1, 0.15) is 28.8 Å². The maximum Gasteiger partial charge on any atom is 0.416 e. The Morgan fingerprint density at radius 3 is 2.39 bits per heavy atom. The summed E-state index contributed by atoms with van der Waals surface area (Å²) in [5.41, 5.74) is 1.32. The van der Waals surface area contributed by atoms with Gasteiger partial charge in [0.25, 0.3) is 5.91 Å². The number of fused-ring (bicyclic) bond motifs is 1. The molecule has 3 aromatic rings. The van der Waals surface area contributed by atoms with Gasteiger partial charge >= 0.3 is 6.18 Å². The summed E-state index contributed by atoms with van der Waals surface area (Å²) in [6.45, 7) is 0.585. The van der Waals surface area contributed by atoms with Crippen LogP contribution in [-0.2, 0) is 6.18 Å². The molecule has 0 saturated carbocycles. The van der Waals surface area contributed by atoms with Crippen molar-refractivity contribution >= 4 is 16.7 Å². The molecule has 0 bridgehead atoms. The van der Waals surface area contributed by atoms with Gasteiger partial charge < -0.3 is 10.4 Å². The molecule has 28 heavy (non-hydrogen) atoms. The van der Waals surface area contributed by atoms with Gasteiger partial charge in [0, 0.05) is 18.7 Å². The molecule has 0 aliphatic carbocycles. The van der Waals surface area contributed by atoms with Gasteiger partial charge in [0.1, 0.15) is 0 Å². The first-order chi connectivity index (χ1) is 13.4. The van der Waals surface area contributed by atoms with Crippen LogP contribution < -0.4 is 5.32 Å². The number of halogens is 3. The van der Waals surface area contributed by atoms with Gasteiger partial charge in [-0.15, -0.1) is 0 Å². The summed E-state index contributed by atoms with van der Waals surface area (Å²) < 4.78 is 38.3. The van der Waals surface area contributed by atoms with Crippen LogP contribution in [0.2, 0.25) is 0 Å². The fraction of sp³-hybridized carbons (Fsp3) is 0.227. The predicted octanol–water partition coefficient (Wildman–Crippen LogP) is 5.03. The number of aliphatic hydroxyl groups is 1. The largest absolute Gasteiger partial charge is 0.416 e. The van der Waals surface area contributed by atoms with Crippen LogP contribution >= 0.6 is 0 Å². The highest BCUT2D eigenvalue weighted by atomic mass is 19.4. The molecule has 0 heterocycles. The molecule has 0 aliphatic rings. The van der Waals surface area contributed by atoms with Crippen LogP contribution in [-0.4, -0.2) is 24.2 Å². The lowest BCUT2D eigenvalue weighted by molar-refractivity contribution is -0.137. The summed E-state index contributed by atoms with van der Waals surface area (Å²) in [4.78, 5) is 12.3. The molecular formula is C22H20F3NO2. The third kappa shape index (κ3) is 4.51. The smallest absolute Gasteiger partial charge is 0.396 e. The van der Waals surface area contributed by atoms with Gasteiger partial charge in [-0.25, -0.2) is 0 Å². The first-order valence-corrected chi connectivity index (χ1v) is 8.99. The molecule has 1 amide bonds. The zero-order valence-electron chi connectivity index (χ0n) is 15.1. The zero-order valence-corrected chi connectivity index (χ0v) is 15.1. The Morgan fingerprint density at radius 1 is 0.964 bits per heavy atom. The number of unbranched alkanes of at least 4 members (excludes halogenated alkanes) is 1. The Hall–Kier alpha value is -2.86. The number of hydrogen-bond donors (Lipinski definition) is 2. The summed E-state index contributed by atoms with van der Waals surface area (Å²) in [6, 6.07) is 15.9. The molecule has 0 atom stereocenters. The fourth-order valence-corrected chi connectivity index (χ4v) is 3.06. The number of nitrogens with one attached hydrogen (secondary N) is 1. The number of aliphatic hydroxyl groups excluding tert-OH is 1. The Morgan fingerprint density at radius 2 is 1.71 bits per heavy atom. The predicted molar refractivity (Wildman–Crippen MR) is 103 cm³/mol. The lowest BCUT2D eigenvalue weighted by Crippen LogP contribution is -2.24. The number of amides is 1. The molecule has 0 radical (unpaired) electrons. The first kappa shape index (κ1) is 19.9. The number of rotatable bonds is 6. The van der Waals surface area contributed by atoms with Gasteiger partial charge in [-0.1, -0.05) is 36.4 Å². The fourth-order valence-electron chi connectivity index (χ4n) is 3.06. The van der Waals surface area contributed by atoms with Crippen molar-refractivity contribution in [2.75, 3.05) is 13.2 Å². The number of benzene rings is 3. The van der Waals surface area contributed by atoms with Crippen LogP contribution in [0.4, 0.5) is 13.2 Å². The second-order valence-electron chi connectivity index (χ2n) is 6.50. The monoisotopic (exact) mass is 387 g/mol. The van der Waals surface area contributed by atoms with Gasteiger partial charge in [0.15, 0.2) is 0 Å². The Bertz CT molecular complexity index is 966. The number of hydrogen-bond acceptors (Lipinski definition) is 2. The van der Waals surface area contributed by atoms with E-state index in [0.717, 1.165) is 28.5 Å². The van der Waals surface area contributed by atoms with Crippen LogP contribution in [0.3, 0.4) is 0 Å². The van der Waals surface area contributed by atoms with Crippen LogP contribution in [0.15, 0.2) is 60.7 Å². The minimum atomic E-state index is -4.36. The second-order valence-corrected chi connectivity index (χ2v) is 6.50. The molecule has 0 saturated heterocycles.